The monoisotopic (exact) mass is 362 g/mol. The third-order valence-corrected chi connectivity index (χ3v) is 4.27. The Balaban J connectivity index is 2.36. The first-order valence-corrected chi connectivity index (χ1v) is 7.93. The van der Waals surface area contributed by atoms with E-state index in [2.05, 4.69) is 22.2 Å². The fourth-order valence-electron chi connectivity index (χ4n) is 1.72. The zero-order valence-electron chi connectivity index (χ0n) is 11.2. The van der Waals surface area contributed by atoms with Gasteiger partial charge in [-0.05, 0) is 30.8 Å². The highest BCUT2D eigenvalue weighted by molar-refractivity contribution is 7.71. The number of rotatable bonds is 5. The van der Waals surface area contributed by atoms with Gasteiger partial charge in [0, 0.05) is 12.0 Å². The van der Waals surface area contributed by atoms with E-state index >= 15 is 0 Å². The highest BCUT2D eigenvalue weighted by Crippen LogP contribution is 2.30. The summed E-state index contributed by atoms with van der Waals surface area (Å²) < 4.78 is 1.99. The molecule has 112 valence electrons. The summed E-state index contributed by atoms with van der Waals surface area (Å²) in [4.78, 5) is 0. The lowest BCUT2D eigenvalue weighted by Gasteiger charge is -2.04. The van der Waals surface area contributed by atoms with Gasteiger partial charge in [-0.1, -0.05) is 48.1 Å². The Morgan fingerprint density at radius 3 is 2.76 bits per heavy atom. The first-order chi connectivity index (χ1) is 10.0. The van der Waals surface area contributed by atoms with Crippen molar-refractivity contribution in [2.75, 3.05) is 0 Å². The van der Waals surface area contributed by atoms with Crippen molar-refractivity contribution in [2.45, 2.75) is 26.2 Å². The Labute approximate surface area is 142 Å². The normalized spacial score (nSPS) is 11.4. The van der Waals surface area contributed by atoms with Crippen LogP contribution in [0.3, 0.4) is 0 Å². The average Bonchev–Trinajstić information content (AvgIpc) is 2.81. The summed E-state index contributed by atoms with van der Waals surface area (Å²) in [5.41, 5.74) is 0.551. The smallest absolute Gasteiger partial charge is 0.216 e. The van der Waals surface area contributed by atoms with E-state index < -0.39 is 0 Å². The van der Waals surface area contributed by atoms with Crippen LogP contribution in [0.4, 0.5) is 0 Å². The number of hydrogen-bond donors (Lipinski definition) is 1. The molecule has 0 aliphatic heterocycles. The predicted octanol–water partition coefficient (Wildman–Crippen LogP) is 5.13. The number of H-pyrrole nitrogens is 1. The maximum absolute atomic E-state index is 6.14. The van der Waals surface area contributed by atoms with E-state index in [4.69, 9.17) is 47.0 Å². The summed E-state index contributed by atoms with van der Waals surface area (Å²) in [5.74, 6) is 0.771. The van der Waals surface area contributed by atoms with Gasteiger partial charge in [-0.2, -0.15) is 14.9 Å². The summed E-state index contributed by atoms with van der Waals surface area (Å²) >= 11 is 23.4. The van der Waals surface area contributed by atoms with E-state index in [9.17, 15) is 0 Å². The number of halogens is 3. The van der Waals surface area contributed by atoms with Crippen molar-refractivity contribution in [1.29, 1.82) is 0 Å². The van der Waals surface area contributed by atoms with Crippen molar-refractivity contribution in [3.63, 3.8) is 0 Å². The second-order valence-corrected chi connectivity index (χ2v) is 5.94. The van der Waals surface area contributed by atoms with Crippen molar-refractivity contribution in [1.82, 2.24) is 14.9 Å². The fraction of sp³-hybridized carbons (Fsp3) is 0.308. The zero-order chi connectivity index (χ0) is 15.4. The Bertz CT molecular complexity index is 721. The number of aromatic nitrogens is 3. The fourth-order valence-corrected chi connectivity index (χ4v) is 2.55. The minimum atomic E-state index is 0.359. The first kappa shape index (κ1) is 16.5. The van der Waals surface area contributed by atoms with Crippen molar-refractivity contribution in [3.05, 3.63) is 43.4 Å². The standard InChI is InChI=1S/C13H13Cl3N4S/c1-2-3-4-11-18-19-13(21)20(11)17-7-8-9(14)5-6-10(15)12(8)16/h5-7H,2-4H2,1H3,(H,19,21)/b17-7-. The Kier molecular flexibility index (Phi) is 5.81. The molecule has 1 aromatic carbocycles. The predicted molar refractivity (Wildman–Crippen MR) is 90.5 cm³/mol. The molecule has 2 aromatic rings. The first-order valence-electron chi connectivity index (χ1n) is 6.38. The molecule has 0 saturated heterocycles. The third-order valence-electron chi connectivity index (χ3n) is 2.85. The maximum atomic E-state index is 6.14. The van der Waals surface area contributed by atoms with Crippen LogP contribution in [0.1, 0.15) is 31.2 Å². The number of unbranched alkanes of at least 4 members (excludes halogenated alkanes) is 1. The molecule has 1 aromatic heterocycles. The molecule has 0 atom stereocenters. The van der Waals surface area contributed by atoms with E-state index in [1.165, 1.54) is 6.21 Å². The molecule has 21 heavy (non-hydrogen) atoms. The van der Waals surface area contributed by atoms with Crippen molar-refractivity contribution in [2.24, 2.45) is 5.10 Å². The van der Waals surface area contributed by atoms with E-state index in [1.54, 1.807) is 16.8 Å². The minimum Gasteiger partial charge on any atom is -0.250 e. The molecular formula is C13H13Cl3N4S. The largest absolute Gasteiger partial charge is 0.250 e. The van der Waals surface area contributed by atoms with Crippen LogP contribution >= 0.6 is 47.0 Å². The quantitative estimate of drug-likeness (QED) is 0.455. The van der Waals surface area contributed by atoms with Gasteiger partial charge >= 0.3 is 0 Å². The second kappa shape index (κ2) is 7.40. The molecular weight excluding hydrogens is 351 g/mol. The highest BCUT2D eigenvalue weighted by Gasteiger charge is 2.09. The lowest BCUT2D eigenvalue weighted by atomic mass is 10.2. The summed E-state index contributed by atoms with van der Waals surface area (Å²) in [6, 6.07) is 3.31. The number of hydrogen-bond acceptors (Lipinski definition) is 3. The number of benzene rings is 1. The average molecular weight is 364 g/mol. The molecule has 0 amide bonds. The molecule has 0 fully saturated rings. The van der Waals surface area contributed by atoms with Crippen molar-refractivity contribution >= 4 is 53.2 Å². The minimum absolute atomic E-state index is 0.359. The molecule has 0 unspecified atom stereocenters. The van der Waals surface area contributed by atoms with Crippen molar-refractivity contribution in [3.8, 4) is 0 Å². The summed E-state index contributed by atoms with van der Waals surface area (Å²) in [6.45, 7) is 2.11. The molecule has 0 radical (unpaired) electrons. The molecule has 0 saturated carbocycles. The molecule has 8 heteroatoms. The van der Waals surface area contributed by atoms with Crippen LogP contribution in [0.25, 0.3) is 0 Å². The van der Waals surface area contributed by atoms with Gasteiger partial charge in [-0.3, -0.25) is 5.10 Å². The SMILES string of the molecule is CCCCc1n[nH]c(=S)n1/N=C\c1c(Cl)ccc(Cl)c1Cl. The van der Waals surface area contributed by atoms with E-state index in [0.29, 0.717) is 25.4 Å². The topological polar surface area (TPSA) is 46.0 Å². The van der Waals surface area contributed by atoms with Gasteiger partial charge < -0.3 is 0 Å². The summed E-state index contributed by atoms with van der Waals surface area (Å²) in [6.07, 6.45) is 4.40. The Morgan fingerprint density at radius 2 is 2.05 bits per heavy atom. The van der Waals surface area contributed by atoms with Crippen LogP contribution in [0.2, 0.25) is 15.1 Å². The molecule has 0 spiro atoms. The van der Waals surface area contributed by atoms with Crippen LogP contribution < -0.4 is 0 Å². The lowest BCUT2D eigenvalue weighted by molar-refractivity contribution is 0.700. The van der Waals surface area contributed by atoms with Gasteiger partial charge in [0.05, 0.1) is 21.3 Å². The van der Waals surface area contributed by atoms with Gasteiger partial charge in [-0.25, -0.2) is 0 Å². The van der Waals surface area contributed by atoms with Gasteiger partial charge in [0.1, 0.15) is 0 Å². The molecule has 1 heterocycles. The molecule has 2 rings (SSSR count). The molecule has 0 bridgehead atoms. The number of aryl methyl sites for hydroxylation is 1. The van der Waals surface area contributed by atoms with Gasteiger partial charge in [0.2, 0.25) is 4.77 Å². The lowest BCUT2D eigenvalue weighted by Crippen LogP contribution is -1.99. The van der Waals surface area contributed by atoms with Crippen LogP contribution in [-0.2, 0) is 6.42 Å². The van der Waals surface area contributed by atoms with Crippen LogP contribution in [0.15, 0.2) is 17.2 Å². The molecule has 0 aliphatic rings. The van der Waals surface area contributed by atoms with Crippen LogP contribution in [0.5, 0.6) is 0 Å². The molecule has 4 nitrogen and oxygen atoms in total. The molecule has 1 N–H and O–H groups in total. The van der Waals surface area contributed by atoms with Gasteiger partial charge in [0.15, 0.2) is 5.82 Å². The summed E-state index contributed by atoms with van der Waals surface area (Å²) in [7, 11) is 0. The van der Waals surface area contributed by atoms with Crippen molar-refractivity contribution < 1.29 is 0 Å². The maximum Gasteiger partial charge on any atom is 0.216 e. The van der Waals surface area contributed by atoms with Crippen LogP contribution in [0, 0.1) is 4.77 Å². The zero-order valence-corrected chi connectivity index (χ0v) is 14.3. The van der Waals surface area contributed by atoms with E-state index in [-0.39, 0.29) is 0 Å². The highest BCUT2D eigenvalue weighted by atomic mass is 35.5. The van der Waals surface area contributed by atoms with Crippen LogP contribution in [-0.4, -0.2) is 21.1 Å². The number of aromatic amines is 1. The summed E-state index contributed by atoms with van der Waals surface area (Å²) in [5, 5.41) is 12.5. The Morgan fingerprint density at radius 1 is 1.33 bits per heavy atom. The van der Waals surface area contributed by atoms with E-state index in [1.807, 2.05) is 0 Å². The number of nitrogens with zero attached hydrogens (tertiary/aromatic N) is 3. The van der Waals surface area contributed by atoms with E-state index in [0.717, 1.165) is 25.1 Å². The Hall–Kier alpha value is -0.880. The second-order valence-electron chi connectivity index (χ2n) is 4.36. The van der Waals surface area contributed by atoms with Gasteiger partial charge in [0.25, 0.3) is 0 Å². The van der Waals surface area contributed by atoms with Gasteiger partial charge in [-0.15, -0.1) is 0 Å². The molecule has 0 aliphatic carbocycles. The number of nitrogens with one attached hydrogen (secondary N) is 1. The third kappa shape index (κ3) is 3.86.